The highest BCUT2D eigenvalue weighted by molar-refractivity contribution is 8.00. The van der Waals surface area contributed by atoms with Crippen LogP contribution in [0, 0.1) is 5.82 Å². The second-order valence-corrected chi connectivity index (χ2v) is 6.41. The molecular formula is C15H18FNO2S. The Labute approximate surface area is 122 Å². The molecule has 1 fully saturated rings. The van der Waals surface area contributed by atoms with Crippen molar-refractivity contribution in [2.24, 2.45) is 0 Å². The van der Waals surface area contributed by atoms with Gasteiger partial charge < -0.3 is 10.0 Å². The van der Waals surface area contributed by atoms with Crippen molar-refractivity contribution in [3.05, 3.63) is 35.7 Å². The Morgan fingerprint density at radius 3 is 2.90 bits per heavy atom. The molecular weight excluding hydrogens is 277 g/mol. The van der Waals surface area contributed by atoms with Gasteiger partial charge in [-0.05, 0) is 36.8 Å². The molecule has 1 saturated heterocycles. The number of hydrogen-bond donors (Lipinski definition) is 1. The molecule has 0 amide bonds. The van der Waals surface area contributed by atoms with Crippen LogP contribution in [0.3, 0.4) is 0 Å². The molecule has 0 radical (unpaired) electrons. The van der Waals surface area contributed by atoms with Gasteiger partial charge in [0.2, 0.25) is 0 Å². The molecule has 1 aromatic rings. The summed E-state index contributed by atoms with van der Waals surface area (Å²) >= 11 is 1.92. The molecule has 1 aromatic carbocycles. The molecule has 5 heteroatoms. The van der Waals surface area contributed by atoms with Crippen molar-refractivity contribution in [3.8, 4) is 0 Å². The van der Waals surface area contributed by atoms with Crippen LogP contribution in [0.1, 0.15) is 19.4 Å². The third kappa shape index (κ3) is 3.54. The average molecular weight is 295 g/mol. The van der Waals surface area contributed by atoms with E-state index in [1.165, 1.54) is 18.2 Å². The maximum Gasteiger partial charge on any atom is 0.328 e. The minimum Gasteiger partial charge on any atom is -0.478 e. The van der Waals surface area contributed by atoms with E-state index >= 15 is 0 Å². The molecule has 108 valence electrons. The topological polar surface area (TPSA) is 40.5 Å². The fraction of sp³-hybridized carbons (Fsp3) is 0.400. The molecule has 0 bridgehead atoms. The van der Waals surface area contributed by atoms with Crippen LogP contribution in [0.4, 0.5) is 10.1 Å². The summed E-state index contributed by atoms with van der Waals surface area (Å²) in [7, 11) is 0. The van der Waals surface area contributed by atoms with Crippen molar-refractivity contribution in [2.75, 3.05) is 17.2 Å². The van der Waals surface area contributed by atoms with Gasteiger partial charge in [-0.2, -0.15) is 11.8 Å². The minimum absolute atomic E-state index is 0.326. The van der Waals surface area contributed by atoms with E-state index in [2.05, 4.69) is 18.7 Å². The van der Waals surface area contributed by atoms with Gasteiger partial charge in [0.25, 0.3) is 0 Å². The standard InChI is InChI=1S/C15H18FNO2S/c1-10-11(2)20-6-5-17(10)14-8-12(3-4-15(18)19)7-13(16)9-14/h3-4,7-11H,5-6H2,1-2H3,(H,18,19)/b4-3+. The maximum atomic E-state index is 13.7. The zero-order valence-corrected chi connectivity index (χ0v) is 12.4. The van der Waals surface area contributed by atoms with Gasteiger partial charge in [0.15, 0.2) is 0 Å². The largest absolute Gasteiger partial charge is 0.478 e. The molecule has 2 unspecified atom stereocenters. The third-order valence-electron chi connectivity index (χ3n) is 3.54. The lowest BCUT2D eigenvalue weighted by Crippen LogP contribution is -2.44. The van der Waals surface area contributed by atoms with E-state index in [4.69, 9.17) is 5.11 Å². The molecule has 0 saturated carbocycles. The molecule has 2 rings (SSSR count). The van der Waals surface area contributed by atoms with Crippen LogP contribution >= 0.6 is 11.8 Å². The number of carboxylic acids is 1. The van der Waals surface area contributed by atoms with Gasteiger partial charge in [-0.1, -0.05) is 6.92 Å². The number of carbonyl (C=O) groups is 1. The molecule has 2 atom stereocenters. The van der Waals surface area contributed by atoms with Gasteiger partial charge in [-0.3, -0.25) is 0 Å². The zero-order chi connectivity index (χ0) is 14.7. The summed E-state index contributed by atoms with van der Waals surface area (Å²) in [5, 5.41) is 9.14. The lowest BCUT2D eigenvalue weighted by atomic mass is 10.1. The van der Waals surface area contributed by atoms with Crippen molar-refractivity contribution in [2.45, 2.75) is 25.1 Å². The van der Waals surface area contributed by atoms with Crippen molar-refractivity contribution in [1.29, 1.82) is 0 Å². The van der Waals surface area contributed by atoms with E-state index in [9.17, 15) is 9.18 Å². The summed E-state index contributed by atoms with van der Waals surface area (Å²) < 4.78 is 13.7. The van der Waals surface area contributed by atoms with Crippen LogP contribution in [-0.4, -0.2) is 34.7 Å². The van der Waals surface area contributed by atoms with Gasteiger partial charge in [-0.25, -0.2) is 9.18 Å². The molecule has 0 aromatic heterocycles. The highest BCUT2D eigenvalue weighted by Gasteiger charge is 2.25. The number of thioether (sulfide) groups is 1. The quantitative estimate of drug-likeness (QED) is 0.869. The molecule has 1 aliphatic rings. The van der Waals surface area contributed by atoms with E-state index in [1.807, 2.05) is 17.8 Å². The number of carboxylic acid groups (broad SMARTS) is 1. The van der Waals surface area contributed by atoms with Crippen LogP contribution in [0.15, 0.2) is 24.3 Å². The van der Waals surface area contributed by atoms with Crippen molar-refractivity contribution >= 4 is 29.5 Å². The van der Waals surface area contributed by atoms with Crippen molar-refractivity contribution < 1.29 is 14.3 Å². The first-order chi connectivity index (χ1) is 9.47. The Morgan fingerprint density at radius 1 is 1.45 bits per heavy atom. The van der Waals surface area contributed by atoms with E-state index < -0.39 is 5.97 Å². The van der Waals surface area contributed by atoms with Crippen LogP contribution in [0.2, 0.25) is 0 Å². The van der Waals surface area contributed by atoms with Crippen LogP contribution < -0.4 is 4.90 Å². The third-order valence-corrected chi connectivity index (χ3v) is 4.88. The fourth-order valence-electron chi connectivity index (χ4n) is 2.32. The number of benzene rings is 1. The van der Waals surface area contributed by atoms with Crippen LogP contribution in [0.5, 0.6) is 0 Å². The highest BCUT2D eigenvalue weighted by Crippen LogP contribution is 2.30. The first-order valence-corrected chi connectivity index (χ1v) is 7.62. The van der Waals surface area contributed by atoms with Crippen LogP contribution in [-0.2, 0) is 4.79 Å². The van der Waals surface area contributed by atoms with Gasteiger partial charge in [0, 0.05) is 35.4 Å². The van der Waals surface area contributed by atoms with Crippen molar-refractivity contribution in [1.82, 2.24) is 0 Å². The first kappa shape index (κ1) is 14.9. The normalized spacial score (nSPS) is 23.2. The molecule has 3 nitrogen and oxygen atoms in total. The van der Waals surface area contributed by atoms with E-state index in [0.717, 1.165) is 24.1 Å². The van der Waals surface area contributed by atoms with E-state index in [-0.39, 0.29) is 5.82 Å². The van der Waals surface area contributed by atoms with Gasteiger partial charge in [-0.15, -0.1) is 0 Å². The van der Waals surface area contributed by atoms with Gasteiger partial charge >= 0.3 is 5.97 Å². The van der Waals surface area contributed by atoms with E-state index in [1.54, 1.807) is 0 Å². The number of rotatable bonds is 3. The fourth-order valence-corrected chi connectivity index (χ4v) is 3.42. The smallest absolute Gasteiger partial charge is 0.328 e. The van der Waals surface area contributed by atoms with Gasteiger partial charge in [0.05, 0.1) is 0 Å². The molecule has 20 heavy (non-hydrogen) atoms. The Bertz CT molecular complexity index is 533. The predicted molar refractivity (Wildman–Crippen MR) is 81.8 cm³/mol. The number of anilines is 1. The molecule has 1 aliphatic heterocycles. The van der Waals surface area contributed by atoms with Crippen molar-refractivity contribution in [3.63, 3.8) is 0 Å². The Balaban J connectivity index is 2.29. The summed E-state index contributed by atoms with van der Waals surface area (Å²) in [6.45, 7) is 5.18. The van der Waals surface area contributed by atoms with Crippen LogP contribution in [0.25, 0.3) is 6.08 Å². The highest BCUT2D eigenvalue weighted by atomic mass is 32.2. The first-order valence-electron chi connectivity index (χ1n) is 6.57. The van der Waals surface area contributed by atoms with E-state index in [0.29, 0.717) is 16.9 Å². The Kier molecular flexibility index (Phi) is 4.70. The zero-order valence-electron chi connectivity index (χ0n) is 11.5. The molecule has 0 spiro atoms. The molecule has 0 aliphatic carbocycles. The lowest BCUT2D eigenvalue weighted by Gasteiger charge is -2.39. The number of aliphatic carboxylic acids is 1. The Morgan fingerprint density at radius 2 is 2.20 bits per heavy atom. The SMILES string of the molecule is CC1SCCN(c2cc(F)cc(/C=C/C(=O)O)c2)C1C. The van der Waals surface area contributed by atoms with Gasteiger partial charge in [0.1, 0.15) is 5.82 Å². The average Bonchev–Trinajstić information content (AvgIpc) is 2.39. The minimum atomic E-state index is -1.04. The Hall–Kier alpha value is -1.49. The molecule has 1 heterocycles. The number of halogens is 1. The molecule has 1 N–H and O–H groups in total. The second kappa shape index (κ2) is 6.31. The summed E-state index contributed by atoms with van der Waals surface area (Å²) in [5.74, 6) is -0.361. The summed E-state index contributed by atoms with van der Waals surface area (Å²) in [4.78, 5) is 12.7. The predicted octanol–water partition coefficient (Wildman–Crippen LogP) is 3.25. The second-order valence-electron chi connectivity index (χ2n) is 4.92. The summed E-state index contributed by atoms with van der Waals surface area (Å²) in [6.07, 6.45) is 2.44. The number of nitrogens with zero attached hydrogens (tertiary/aromatic N) is 1. The maximum absolute atomic E-state index is 13.7. The summed E-state index contributed by atoms with van der Waals surface area (Å²) in [6, 6.07) is 5.02. The lowest BCUT2D eigenvalue weighted by molar-refractivity contribution is -0.131. The number of hydrogen-bond acceptors (Lipinski definition) is 3. The summed E-state index contributed by atoms with van der Waals surface area (Å²) in [5.41, 5.74) is 1.38. The monoisotopic (exact) mass is 295 g/mol.